The first-order valence-corrected chi connectivity index (χ1v) is 5.60. The molecule has 2 atom stereocenters. The Kier molecular flexibility index (Phi) is 1.56. The van der Waals surface area contributed by atoms with Gasteiger partial charge in [0.2, 0.25) is 0 Å². The molecule has 3 heteroatoms. The van der Waals surface area contributed by atoms with Gasteiger partial charge in [-0.2, -0.15) is 0 Å². The van der Waals surface area contributed by atoms with Crippen molar-refractivity contribution in [2.75, 3.05) is 0 Å². The Morgan fingerprint density at radius 1 is 1.21 bits per heavy atom. The molecule has 0 saturated heterocycles. The van der Waals surface area contributed by atoms with Gasteiger partial charge >= 0.3 is 5.97 Å². The molecule has 0 heterocycles. The summed E-state index contributed by atoms with van der Waals surface area (Å²) in [5, 5.41) is 9.32. The monoisotopic (exact) mass is 195 g/mol. The van der Waals surface area contributed by atoms with E-state index in [-0.39, 0.29) is 5.41 Å². The van der Waals surface area contributed by atoms with E-state index in [0.29, 0.717) is 23.8 Å². The molecule has 0 aliphatic heterocycles. The van der Waals surface area contributed by atoms with E-state index in [2.05, 4.69) is 0 Å². The number of nitrogens with two attached hydrogens (primary N) is 1. The molecule has 0 aromatic heterocycles. The van der Waals surface area contributed by atoms with E-state index in [1.54, 1.807) is 0 Å². The van der Waals surface area contributed by atoms with Gasteiger partial charge < -0.3 is 10.8 Å². The fraction of sp³-hybridized carbons (Fsp3) is 0.909. The maximum Gasteiger partial charge on any atom is 0.309 e. The third-order valence-corrected chi connectivity index (χ3v) is 4.80. The normalized spacial score (nSPS) is 54.9. The minimum atomic E-state index is -0.566. The molecular weight excluding hydrogens is 178 g/mol. The Morgan fingerprint density at radius 2 is 1.79 bits per heavy atom. The molecule has 0 aromatic carbocycles. The highest BCUT2D eigenvalue weighted by molar-refractivity contribution is 5.75. The van der Waals surface area contributed by atoms with Crippen molar-refractivity contribution >= 4 is 5.97 Å². The predicted molar refractivity (Wildman–Crippen MR) is 51.6 cm³/mol. The van der Waals surface area contributed by atoms with Gasteiger partial charge in [0.1, 0.15) is 0 Å². The van der Waals surface area contributed by atoms with Crippen molar-refractivity contribution in [3.8, 4) is 0 Å². The van der Waals surface area contributed by atoms with Crippen LogP contribution in [0.25, 0.3) is 0 Å². The minimum Gasteiger partial charge on any atom is -0.481 e. The highest BCUT2D eigenvalue weighted by atomic mass is 16.4. The number of carbonyl (C=O) groups is 1. The fourth-order valence-corrected chi connectivity index (χ4v) is 4.33. The van der Waals surface area contributed by atoms with Crippen LogP contribution in [0.1, 0.15) is 32.1 Å². The molecule has 78 valence electrons. The van der Waals surface area contributed by atoms with Gasteiger partial charge in [0.25, 0.3) is 0 Å². The first-order chi connectivity index (χ1) is 6.61. The summed E-state index contributed by atoms with van der Waals surface area (Å²) >= 11 is 0. The van der Waals surface area contributed by atoms with Crippen LogP contribution in [0.4, 0.5) is 0 Å². The van der Waals surface area contributed by atoms with Gasteiger partial charge in [0, 0.05) is 6.04 Å². The van der Waals surface area contributed by atoms with Gasteiger partial charge in [-0.05, 0) is 49.9 Å². The highest BCUT2D eigenvalue weighted by Crippen LogP contribution is 2.59. The molecule has 3 N–H and O–H groups in total. The van der Waals surface area contributed by atoms with Crippen LogP contribution < -0.4 is 5.73 Å². The third-order valence-electron chi connectivity index (χ3n) is 4.80. The van der Waals surface area contributed by atoms with Crippen molar-refractivity contribution in [1.82, 2.24) is 0 Å². The lowest BCUT2D eigenvalue weighted by atomic mass is 9.48. The molecule has 3 nitrogen and oxygen atoms in total. The summed E-state index contributed by atoms with van der Waals surface area (Å²) in [6.45, 7) is 0. The second kappa shape index (κ2) is 2.51. The van der Waals surface area contributed by atoms with Gasteiger partial charge in [-0.15, -0.1) is 0 Å². The van der Waals surface area contributed by atoms with E-state index in [4.69, 9.17) is 5.73 Å². The molecule has 4 fully saturated rings. The Labute approximate surface area is 83.7 Å². The van der Waals surface area contributed by atoms with Crippen LogP contribution in [0.3, 0.4) is 0 Å². The smallest absolute Gasteiger partial charge is 0.309 e. The summed E-state index contributed by atoms with van der Waals surface area (Å²) in [6, 6.07) is 0.291. The first-order valence-electron chi connectivity index (χ1n) is 5.60. The Bertz CT molecular complexity index is 273. The lowest BCUT2D eigenvalue weighted by Crippen LogP contribution is -2.58. The van der Waals surface area contributed by atoms with Crippen molar-refractivity contribution in [3.63, 3.8) is 0 Å². The van der Waals surface area contributed by atoms with Crippen LogP contribution in [0.2, 0.25) is 0 Å². The zero-order valence-corrected chi connectivity index (χ0v) is 8.28. The number of hydrogen-bond donors (Lipinski definition) is 2. The van der Waals surface area contributed by atoms with Gasteiger partial charge in [-0.25, -0.2) is 0 Å². The van der Waals surface area contributed by atoms with Gasteiger partial charge in [-0.3, -0.25) is 4.79 Å². The second-order valence-electron chi connectivity index (χ2n) is 5.63. The second-order valence-corrected chi connectivity index (χ2v) is 5.63. The third kappa shape index (κ3) is 0.937. The zero-order chi connectivity index (χ0) is 9.92. The summed E-state index contributed by atoms with van der Waals surface area (Å²) in [5.74, 6) is 1.09. The van der Waals surface area contributed by atoms with Crippen molar-refractivity contribution in [2.24, 2.45) is 28.9 Å². The van der Waals surface area contributed by atoms with Crippen LogP contribution in [0.5, 0.6) is 0 Å². The van der Waals surface area contributed by atoms with E-state index in [1.165, 1.54) is 12.8 Å². The standard InChI is InChI=1S/C11H17NO2/c12-9-7-1-6-2-8(9)5-11(3-6,4-7)10(13)14/h6-9H,1-5,12H2,(H,13,14)/t6?,7?,8?,9-,11-. The molecule has 0 amide bonds. The quantitative estimate of drug-likeness (QED) is 0.661. The first kappa shape index (κ1) is 8.72. The van der Waals surface area contributed by atoms with E-state index in [9.17, 15) is 9.90 Å². The van der Waals surface area contributed by atoms with Crippen LogP contribution in [-0.4, -0.2) is 17.1 Å². The van der Waals surface area contributed by atoms with Crippen LogP contribution in [-0.2, 0) is 4.79 Å². The molecule has 4 bridgehead atoms. The number of aliphatic carboxylic acids is 1. The minimum absolute atomic E-state index is 0.291. The molecular formula is C11H17NO2. The Morgan fingerprint density at radius 3 is 2.29 bits per heavy atom. The summed E-state index contributed by atoms with van der Waals surface area (Å²) in [5.41, 5.74) is 5.75. The largest absolute Gasteiger partial charge is 0.481 e. The number of hydrogen-bond acceptors (Lipinski definition) is 2. The van der Waals surface area contributed by atoms with Crippen molar-refractivity contribution in [2.45, 2.75) is 38.1 Å². The average molecular weight is 195 g/mol. The van der Waals surface area contributed by atoms with Gasteiger partial charge in [0.05, 0.1) is 5.41 Å². The molecule has 4 aliphatic rings. The Hall–Kier alpha value is -0.570. The van der Waals surface area contributed by atoms with Crippen molar-refractivity contribution in [3.05, 3.63) is 0 Å². The Balaban J connectivity index is 1.96. The summed E-state index contributed by atoms with van der Waals surface area (Å²) in [7, 11) is 0. The number of carboxylic acid groups (broad SMARTS) is 1. The topological polar surface area (TPSA) is 63.3 Å². The molecule has 0 aromatic rings. The van der Waals surface area contributed by atoms with E-state index in [0.717, 1.165) is 19.3 Å². The fourth-order valence-electron chi connectivity index (χ4n) is 4.33. The van der Waals surface area contributed by atoms with E-state index >= 15 is 0 Å². The SMILES string of the molecule is N[C@H]1C2CC3CC1C[C@](C(=O)O)(C3)C2. The zero-order valence-electron chi connectivity index (χ0n) is 8.28. The summed E-state index contributed by atoms with van der Waals surface area (Å²) < 4.78 is 0. The maximum atomic E-state index is 11.3. The summed E-state index contributed by atoms with van der Waals surface area (Å²) in [6.07, 6.45) is 4.98. The average Bonchev–Trinajstić information content (AvgIpc) is 2.12. The molecule has 4 saturated carbocycles. The van der Waals surface area contributed by atoms with Crippen LogP contribution >= 0.6 is 0 Å². The lowest BCUT2D eigenvalue weighted by molar-refractivity contribution is -0.166. The van der Waals surface area contributed by atoms with Crippen LogP contribution in [0, 0.1) is 23.2 Å². The lowest BCUT2D eigenvalue weighted by Gasteiger charge is -2.57. The molecule has 4 aliphatic carbocycles. The predicted octanol–water partition coefficient (Wildman–Crippen LogP) is 1.22. The van der Waals surface area contributed by atoms with Gasteiger partial charge in [-0.1, -0.05) is 0 Å². The molecule has 2 unspecified atom stereocenters. The molecule has 0 spiro atoms. The van der Waals surface area contributed by atoms with E-state index in [1.807, 2.05) is 0 Å². The number of rotatable bonds is 1. The number of carboxylic acids is 1. The van der Waals surface area contributed by atoms with Crippen molar-refractivity contribution in [1.29, 1.82) is 0 Å². The molecule has 14 heavy (non-hydrogen) atoms. The maximum absolute atomic E-state index is 11.3. The summed E-state index contributed by atoms with van der Waals surface area (Å²) in [4.78, 5) is 11.3. The van der Waals surface area contributed by atoms with E-state index < -0.39 is 5.97 Å². The highest BCUT2D eigenvalue weighted by Gasteiger charge is 2.57. The van der Waals surface area contributed by atoms with Crippen LogP contribution in [0.15, 0.2) is 0 Å². The van der Waals surface area contributed by atoms with Crippen molar-refractivity contribution < 1.29 is 9.90 Å². The van der Waals surface area contributed by atoms with Gasteiger partial charge in [0.15, 0.2) is 0 Å². The molecule has 0 radical (unpaired) electrons. The molecule has 4 rings (SSSR count).